The Morgan fingerprint density at radius 1 is 1.45 bits per heavy atom. The normalized spacial score (nSPS) is 19.6. The molecule has 0 spiro atoms. The number of piperidine rings is 1. The summed E-state index contributed by atoms with van der Waals surface area (Å²) >= 11 is 0. The van der Waals surface area contributed by atoms with Crippen molar-refractivity contribution < 1.29 is 14.7 Å². The van der Waals surface area contributed by atoms with Gasteiger partial charge in [-0.1, -0.05) is 13.0 Å². The molecule has 2 heterocycles. The minimum absolute atomic E-state index is 0.103. The quantitative estimate of drug-likeness (QED) is 0.857. The minimum Gasteiger partial charge on any atom is -0.477 e. The van der Waals surface area contributed by atoms with E-state index in [0.717, 1.165) is 32.5 Å². The van der Waals surface area contributed by atoms with Gasteiger partial charge < -0.3 is 15.3 Å². The Kier molecular flexibility index (Phi) is 4.68. The average molecular weight is 277 g/mol. The molecule has 0 radical (unpaired) electrons. The Balaban J connectivity index is 2.01. The first-order chi connectivity index (χ1) is 9.60. The first-order valence-corrected chi connectivity index (χ1v) is 6.83. The second-order valence-electron chi connectivity index (χ2n) is 4.92. The van der Waals surface area contributed by atoms with Crippen molar-refractivity contribution in [1.29, 1.82) is 0 Å². The Labute approximate surface area is 117 Å². The average Bonchev–Trinajstić information content (AvgIpc) is 2.47. The molecule has 1 amide bonds. The summed E-state index contributed by atoms with van der Waals surface area (Å²) in [6, 6.07) is 4.54. The van der Waals surface area contributed by atoms with Crippen LogP contribution in [-0.2, 0) is 0 Å². The molecule has 0 bridgehead atoms. The Bertz CT molecular complexity index is 504. The molecule has 1 aliphatic rings. The predicted octanol–water partition coefficient (Wildman–Crippen LogP) is 0.994. The number of rotatable bonds is 4. The maximum absolute atomic E-state index is 12.1. The Hall–Kier alpha value is -1.95. The van der Waals surface area contributed by atoms with E-state index in [2.05, 4.69) is 22.1 Å². The molecule has 1 unspecified atom stereocenters. The maximum Gasteiger partial charge on any atom is 0.354 e. The fraction of sp³-hybridized carbons (Fsp3) is 0.500. The van der Waals surface area contributed by atoms with Crippen molar-refractivity contribution in [2.75, 3.05) is 19.6 Å². The summed E-state index contributed by atoms with van der Waals surface area (Å²) in [4.78, 5) is 29.1. The van der Waals surface area contributed by atoms with E-state index in [-0.39, 0.29) is 23.3 Å². The molecule has 0 saturated carbocycles. The molecule has 108 valence electrons. The first-order valence-electron chi connectivity index (χ1n) is 6.83. The highest BCUT2D eigenvalue weighted by molar-refractivity contribution is 5.94. The van der Waals surface area contributed by atoms with E-state index in [0.29, 0.717) is 0 Å². The number of hydrogen-bond acceptors (Lipinski definition) is 4. The molecule has 2 N–H and O–H groups in total. The van der Waals surface area contributed by atoms with Gasteiger partial charge in [-0.2, -0.15) is 0 Å². The van der Waals surface area contributed by atoms with Crippen molar-refractivity contribution in [2.45, 2.75) is 25.8 Å². The van der Waals surface area contributed by atoms with Crippen LogP contribution in [0.4, 0.5) is 0 Å². The number of nitrogens with zero attached hydrogens (tertiary/aromatic N) is 2. The van der Waals surface area contributed by atoms with E-state index in [1.54, 1.807) is 0 Å². The third kappa shape index (κ3) is 3.54. The standard InChI is InChI=1S/C14H19N3O3/c1-2-17-8-4-5-10(9-17)15-13(18)11-6-3-7-12(16-11)14(19)20/h3,6-7,10H,2,4-5,8-9H2,1H3,(H,15,18)(H,19,20). The second-order valence-corrected chi connectivity index (χ2v) is 4.92. The SMILES string of the molecule is CCN1CCCC(NC(=O)c2cccc(C(=O)O)n2)C1. The van der Waals surface area contributed by atoms with Gasteiger partial charge in [0.1, 0.15) is 11.4 Å². The highest BCUT2D eigenvalue weighted by atomic mass is 16.4. The van der Waals surface area contributed by atoms with Crippen molar-refractivity contribution in [2.24, 2.45) is 0 Å². The largest absolute Gasteiger partial charge is 0.477 e. The van der Waals surface area contributed by atoms with Crippen LogP contribution in [0.1, 0.15) is 40.7 Å². The lowest BCUT2D eigenvalue weighted by Gasteiger charge is -2.32. The van der Waals surface area contributed by atoms with E-state index in [9.17, 15) is 9.59 Å². The van der Waals surface area contributed by atoms with E-state index < -0.39 is 5.97 Å². The van der Waals surface area contributed by atoms with Gasteiger partial charge >= 0.3 is 5.97 Å². The molecule has 1 fully saturated rings. The molecule has 6 nitrogen and oxygen atoms in total. The molecule has 1 aliphatic heterocycles. The molecule has 0 aromatic carbocycles. The van der Waals surface area contributed by atoms with Crippen LogP contribution in [-0.4, -0.2) is 52.5 Å². The zero-order valence-corrected chi connectivity index (χ0v) is 11.5. The minimum atomic E-state index is -1.13. The summed E-state index contributed by atoms with van der Waals surface area (Å²) < 4.78 is 0. The van der Waals surface area contributed by atoms with Gasteiger partial charge in [0, 0.05) is 12.6 Å². The number of aromatic carboxylic acids is 1. The molecule has 0 aliphatic carbocycles. The van der Waals surface area contributed by atoms with Gasteiger partial charge in [-0.25, -0.2) is 9.78 Å². The topological polar surface area (TPSA) is 82.5 Å². The zero-order valence-electron chi connectivity index (χ0n) is 11.5. The van der Waals surface area contributed by atoms with E-state index in [4.69, 9.17) is 5.11 Å². The lowest BCUT2D eigenvalue weighted by atomic mass is 10.1. The van der Waals surface area contributed by atoms with Gasteiger partial charge in [-0.05, 0) is 38.1 Å². The fourth-order valence-corrected chi connectivity index (χ4v) is 2.40. The van der Waals surface area contributed by atoms with Crippen molar-refractivity contribution in [3.8, 4) is 0 Å². The summed E-state index contributed by atoms with van der Waals surface area (Å²) in [5, 5.41) is 11.8. The van der Waals surface area contributed by atoms with Gasteiger partial charge in [0.2, 0.25) is 0 Å². The highest BCUT2D eigenvalue weighted by Crippen LogP contribution is 2.10. The Morgan fingerprint density at radius 2 is 2.20 bits per heavy atom. The number of nitrogens with one attached hydrogen (secondary N) is 1. The van der Waals surface area contributed by atoms with Crippen LogP contribution >= 0.6 is 0 Å². The van der Waals surface area contributed by atoms with E-state index in [1.807, 2.05) is 0 Å². The van der Waals surface area contributed by atoms with Crippen LogP contribution in [0.15, 0.2) is 18.2 Å². The lowest BCUT2D eigenvalue weighted by Crippen LogP contribution is -2.47. The third-order valence-electron chi connectivity index (χ3n) is 3.49. The van der Waals surface area contributed by atoms with Crippen molar-refractivity contribution in [1.82, 2.24) is 15.2 Å². The van der Waals surface area contributed by atoms with Crippen LogP contribution in [0, 0.1) is 0 Å². The number of likely N-dealkylation sites (tertiary alicyclic amines) is 1. The molecule has 1 aromatic rings. The lowest BCUT2D eigenvalue weighted by molar-refractivity contribution is 0.0690. The smallest absolute Gasteiger partial charge is 0.354 e. The summed E-state index contributed by atoms with van der Waals surface area (Å²) in [5.74, 6) is -1.44. The fourth-order valence-electron chi connectivity index (χ4n) is 2.40. The first kappa shape index (κ1) is 14.5. The summed E-state index contributed by atoms with van der Waals surface area (Å²) in [6.45, 7) is 4.97. The van der Waals surface area contributed by atoms with Crippen LogP contribution in [0.25, 0.3) is 0 Å². The Morgan fingerprint density at radius 3 is 2.90 bits per heavy atom. The molecule has 20 heavy (non-hydrogen) atoms. The van der Waals surface area contributed by atoms with Gasteiger partial charge in [0.15, 0.2) is 0 Å². The van der Waals surface area contributed by atoms with Gasteiger partial charge in [0.25, 0.3) is 5.91 Å². The van der Waals surface area contributed by atoms with Crippen LogP contribution in [0.2, 0.25) is 0 Å². The van der Waals surface area contributed by atoms with Gasteiger partial charge in [-0.3, -0.25) is 4.79 Å². The number of carboxylic acid groups (broad SMARTS) is 1. The van der Waals surface area contributed by atoms with Gasteiger partial charge in [0.05, 0.1) is 0 Å². The number of aromatic nitrogens is 1. The van der Waals surface area contributed by atoms with Crippen LogP contribution in [0.5, 0.6) is 0 Å². The van der Waals surface area contributed by atoms with Crippen molar-refractivity contribution >= 4 is 11.9 Å². The molecular formula is C14H19N3O3. The van der Waals surface area contributed by atoms with Crippen LogP contribution in [0.3, 0.4) is 0 Å². The van der Waals surface area contributed by atoms with Crippen LogP contribution < -0.4 is 5.32 Å². The number of amides is 1. The molecule has 2 rings (SSSR count). The zero-order chi connectivity index (χ0) is 14.5. The molecule has 1 aromatic heterocycles. The predicted molar refractivity (Wildman–Crippen MR) is 73.8 cm³/mol. The maximum atomic E-state index is 12.1. The van der Waals surface area contributed by atoms with E-state index in [1.165, 1.54) is 18.2 Å². The summed E-state index contributed by atoms with van der Waals surface area (Å²) in [7, 11) is 0. The van der Waals surface area contributed by atoms with Crippen molar-refractivity contribution in [3.05, 3.63) is 29.6 Å². The second kappa shape index (κ2) is 6.47. The van der Waals surface area contributed by atoms with Gasteiger partial charge in [-0.15, -0.1) is 0 Å². The number of hydrogen-bond donors (Lipinski definition) is 2. The number of carbonyl (C=O) groups excluding carboxylic acids is 1. The molecule has 1 atom stereocenters. The summed E-state index contributed by atoms with van der Waals surface area (Å²) in [5.41, 5.74) is 0.0370. The highest BCUT2D eigenvalue weighted by Gasteiger charge is 2.21. The monoisotopic (exact) mass is 277 g/mol. The van der Waals surface area contributed by atoms with E-state index >= 15 is 0 Å². The molecule has 1 saturated heterocycles. The number of carboxylic acids is 1. The number of likely N-dealkylation sites (N-methyl/N-ethyl adjacent to an activating group) is 1. The summed E-state index contributed by atoms with van der Waals surface area (Å²) in [6.07, 6.45) is 2.00. The number of carbonyl (C=O) groups is 2. The molecular weight excluding hydrogens is 258 g/mol. The molecule has 6 heteroatoms. The third-order valence-corrected chi connectivity index (χ3v) is 3.49. The van der Waals surface area contributed by atoms with Crippen molar-refractivity contribution in [3.63, 3.8) is 0 Å². The number of pyridine rings is 1.